The van der Waals surface area contributed by atoms with Gasteiger partial charge in [0.05, 0.1) is 7.11 Å². The number of aliphatic imine (C=N–C) groups is 1. The lowest BCUT2D eigenvalue weighted by Crippen LogP contribution is -2.22. The summed E-state index contributed by atoms with van der Waals surface area (Å²) in [6, 6.07) is 13.6. The molecule has 0 unspecified atom stereocenters. The van der Waals surface area contributed by atoms with Gasteiger partial charge in [0, 0.05) is 11.3 Å². The molecule has 0 aliphatic heterocycles. The van der Waals surface area contributed by atoms with Crippen molar-refractivity contribution in [2.24, 2.45) is 10.7 Å². The Hall–Kier alpha value is -2.62. The van der Waals surface area contributed by atoms with Gasteiger partial charge in [0.1, 0.15) is 18.1 Å². The van der Waals surface area contributed by atoms with Crippen molar-refractivity contribution in [3.63, 3.8) is 0 Å². The zero-order valence-corrected chi connectivity index (χ0v) is 17.8. The van der Waals surface area contributed by atoms with Crippen LogP contribution >= 0.6 is 24.0 Å². The number of aromatic amines is 1. The van der Waals surface area contributed by atoms with E-state index in [1.165, 1.54) is 11.1 Å². The number of nitrogens with one attached hydrogen (secondary N) is 2. The summed E-state index contributed by atoms with van der Waals surface area (Å²) in [5.74, 6) is 2.37. The Morgan fingerprint density at radius 2 is 1.89 bits per heavy atom. The van der Waals surface area contributed by atoms with E-state index in [0.29, 0.717) is 24.2 Å². The summed E-state index contributed by atoms with van der Waals surface area (Å²) in [4.78, 5) is 8.75. The van der Waals surface area contributed by atoms with E-state index in [0.717, 1.165) is 17.0 Å². The Morgan fingerprint density at radius 3 is 2.56 bits per heavy atom. The van der Waals surface area contributed by atoms with E-state index >= 15 is 0 Å². The zero-order valence-electron chi connectivity index (χ0n) is 15.5. The molecule has 0 aliphatic carbocycles. The summed E-state index contributed by atoms with van der Waals surface area (Å²) >= 11 is 0. The third-order valence-electron chi connectivity index (χ3n) is 4.06. The van der Waals surface area contributed by atoms with Gasteiger partial charge in [0.15, 0.2) is 11.8 Å². The molecule has 7 nitrogen and oxygen atoms in total. The normalized spacial score (nSPS) is 11.0. The molecule has 0 amide bonds. The molecule has 0 bridgehead atoms. The monoisotopic (exact) mass is 478 g/mol. The van der Waals surface area contributed by atoms with Crippen molar-refractivity contribution in [2.45, 2.75) is 20.4 Å². The van der Waals surface area contributed by atoms with Crippen molar-refractivity contribution in [3.8, 4) is 17.1 Å². The molecule has 27 heavy (non-hydrogen) atoms. The van der Waals surface area contributed by atoms with Crippen LogP contribution < -0.4 is 15.8 Å². The highest BCUT2D eigenvalue weighted by molar-refractivity contribution is 14.0. The maximum absolute atomic E-state index is 5.95. The van der Waals surface area contributed by atoms with E-state index in [1.807, 2.05) is 42.5 Å². The predicted octanol–water partition coefficient (Wildman–Crippen LogP) is 3.64. The lowest BCUT2D eigenvalue weighted by Gasteiger charge is -2.07. The number of methoxy groups -OCH3 is 1. The smallest absolute Gasteiger partial charge is 0.193 e. The number of hydrogen-bond donors (Lipinski definition) is 3. The van der Waals surface area contributed by atoms with Crippen molar-refractivity contribution in [2.75, 3.05) is 12.4 Å². The molecule has 0 saturated carbocycles. The molecule has 8 heteroatoms. The third kappa shape index (κ3) is 5.43. The highest BCUT2D eigenvalue weighted by Gasteiger charge is 2.06. The van der Waals surface area contributed by atoms with Crippen molar-refractivity contribution in [1.29, 1.82) is 0 Å². The molecule has 0 atom stereocenters. The second-order valence-electron chi connectivity index (χ2n) is 5.96. The van der Waals surface area contributed by atoms with E-state index < -0.39 is 0 Å². The van der Waals surface area contributed by atoms with Crippen molar-refractivity contribution in [3.05, 3.63) is 59.4 Å². The molecule has 1 aromatic heterocycles. The Balaban J connectivity index is 0.00000261. The average Bonchev–Trinajstić information content (AvgIpc) is 3.12. The topological polar surface area (TPSA) is 101 Å². The second-order valence-corrected chi connectivity index (χ2v) is 5.96. The first-order valence-electron chi connectivity index (χ1n) is 8.25. The lowest BCUT2D eigenvalue weighted by atomic mass is 10.1. The Bertz CT molecular complexity index is 920. The fourth-order valence-electron chi connectivity index (χ4n) is 2.40. The molecule has 0 aliphatic rings. The van der Waals surface area contributed by atoms with Crippen LogP contribution in [-0.4, -0.2) is 28.3 Å². The van der Waals surface area contributed by atoms with Gasteiger partial charge in [-0.1, -0.05) is 6.07 Å². The van der Waals surface area contributed by atoms with Gasteiger partial charge in [-0.15, -0.1) is 24.0 Å². The number of ether oxygens (including phenoxy) is 1. The minimum atomic E-state index is 0. The van der Waals surface area contributed by atoms with Crippen molar-refractivity contribution < 1.29 is 4.74 Å². The highest BCUT2D eigenvalue weighted by Crippen LogP contribution is 2.19. The fraction of sp³-hybridized carbons (Fsp3) is 0.211. The molecule has 142 valence electrons. The number of benzene rings is 2. The van der Waals surface area contributed by atoms with Gasteiger partial charge in [-0.3, -0.25) is 5.10 Å². The van der Waals surface area contributed by atoms with E-state index in [4.69, 9.17) is 10.5 Å². The molecule has 0 spiro atoms. The fourth-order valence-corrected chi connectivity index (χ4v) is 2.40. The average molecular weight is 478 g/mol. The highest BCUT2D eigenvalue weighted by atomic mass is 127. The molecule has 4 N–H and O–H groups in total. The van der Waals surface area contributed by atoms with Gasteiger partial charge in [0.2, 0.25) is 0 Å². The summed E-state index contributed by atoms with van der Waals surface area (Å²) in [6.45, 7) is 4.44. The molecule has 2 aromatic carbocycles. The van der Waals surface area contributed by atoms with Gasteiger partial charge >= 0.3 is 0 Å². The molecule has 3 rings (SSSR count). The first-order chi connectivity index (χ1) is 12.5. The van der Waals surface area contributed by atoms with Gasteiger partial charge < -0.3 is 15.8 Å². The lowest BCUT2D eigenvalue weighted by molar-refractivity contribution is 0.415. The number of rotatable bonds is 5. The summed E-state index contributed by atoms with van der Waals surface area (Å²) in [7, 11) is 1.63. The first kappa shape index (κ1) is 20.7. The van der Waals surface area contributed by atoms with Gasteiger partial charge in [-0.25, -0.2) is 9.98 Å². The summed E-state index contributed by atoms with van der Waals surface area (Å²) in [5, 5.41) is 10.2. The number of H-pyrrole nitrogens is 1. The number of guanidine groups is 1. The van der Waals surface area contributed by atoms with Gasteiger partial charge in [-0.05, 0) is 61.4 Å². The number of aryl methyl sites for hydroxylation is 2. The van der Waals surface area contributed by atoms with E-state index in [9.17, 15) is 0 Å². The molecule has 0 radical (unpaired) electrons. The van der Waals surface area contributed by atoms with Crippen LogP contribution in [0.5, 0.6) is 5.75 Å². The van der Waals surface area contributed by atoms with E-state index in [1.54, 1.807) is 7.11 Å². The maximum Gasteiger partial charge on any atom is 0.193 e. The minimum absolute atomic E-state index is 0. The molecule has 3 aromatic rings. The van der Waals surface area contributed by atoms with Gasteiger partial charge in [0.25, 0.3) is 0 Å². The summed E-state index contributed by atoms with van der Waals surface area (Å²) in [5.41, 5.74) is 10.2. The Labute approximate surface area is 175 Å². The van der Waals surface area contributed by atoms with Crippen molar-refractivity contribution in [1.82, 2.24) is 15.2 Å². The third-order valence-corrected chi connectivity index (χ3v) is 4.06. The quantitative estimate of drug-likeness (QED) is 0.295. The van der Waals surface area contributed by atoms with Crippen LogP contribution in [0.1, 0.15) is 17.0 Å². The zero-order chi connectivity index (χ0) is 18.5. The van der Waals surface area contributed by atoms with E-state index in [2.05, 4.69) is 39.3 Å². The van der Waals surface area contributed by atoms with Crippen LogP contribution in [0.2, 0.25) is 0 Å². The molecular weight excluding hydrogens is 455 g/mol. The predicted molar refractivity (Wildman–Crippen MR) is 119 cm³/mol. The van der Waals surface area contributed by atoms with Crippen LogP contribution in [0.15, 0.2) is 47.5 Å². The van der Waals surface area contributed by atoms with Crippen LogP contribution in [0.25, 0.3) is 11.4 Å². The number of anilines is 1. The van der Waals surface area contributed by atoms with Gasteiger partial charge in [-0.2, -0.15) is 5.10 Å². The maximum atomic E-state index is 5.95. The summed E-state index contributed by atoms with van der Waals surface area (Å²) < 4.78 is 5.15. The Morgan fingerprint density at radius 1 is 1.15 bits per heavy atom. The second kappa shape index (κ2) is 9.36. The van der Waals surface area contributed by atoms with Crippen LogP contribution in [0, 0.1) is 13.8 Å². The Kier molecular flexibility index (Phi) is 7.17. The number of aromatic nitrogens is 3. The first-order valence-corrected chi connectivity index (χ1v) is 8.25. The number of nitrogens with two attached hydrogens (primary N) is 1. The molecular formula is C19H23IN6O. The molecule has 1 heterocycles. The number of hydrogen-bond acceptors (Lipinski definition) is 4. The van der Waals surface area contributed by atoms with Crippen LogP contribution in [-0.2, 0) is 6.54 Å². The summed E-state index contributed by atoms with van der Waals surface area (Å²) in [6.07, 6.45) is 0. The molecule has 0 fully saturated rings. The standard InChI is InChI=1S/C19H22N6O.HI/c1-12-4-7-15(10-13(12)2)22-19(20)21-11-17-23-18(25-24-17)14-5-8-16(26-3)9-6-14;/h4-10H,11H2,1-3H3,(H3,20,21,22)(H,23,24,25);1H. The number of halogens is 1. The largest absolute Gasteiger partial charge is 0.497 e. The van der Waals surface area contributed by atoms with Crippen LogP contribution in [0.3, 0.4) is 0 Å². The minimum Gasteiger partial charge on any atom is -0.497 e. The SMILES string of the molecule is COc1ccc(-c2n[nH]c(CN=C(N)Nc3ccc(C)c(C)c3)n2)cc1.I. The molecule has 0 saturated heterocycles. The van der Waals surface area contributed by atoms with E-state index in [-0.39, 0.29) is 24.0 Å². The van der Waals surface area contributed by atoms with Crippen LogP contribution in [0.4, 0.5) is 5.69 Å². The van der Waals surface area contributed by atoms with Crippen molar-refractivity contribution >= 4 is 35.6 Å². The number of nitrogens with zero attached hydrogens (tertiary/aromatic N) is 3.